The monoisotopic (exact) mass is 447 g/mol. The van der Waals surface area contributed by atoms with Crippen molar-refractivity contribution in [2.75, 3.05) is 25.5 Å². The molecule has 1 N–H and O–H groups in total. The zero-order valence-electron chi connectivity index (χ0n) is 17.6. The molecular formula is C21H26FN5O3S. The number of nitrogens with zero attached hydrogens (tertiary/aromatic N) is 4. The normalized spacial score (nSPS) is 19.7. The maximum absolute atomic E-state index is 13.3. The van der Waals surface area contributed by atoms with Gasteiger partial charge in [0.25, 0.3) is 0 Å². The van der Waals surface area contributed by atoms with E-state index in [-0.39, 0.29) is 10.8 Å². The Hall–Kier alpha value is -2.59. The molecule has 8 nitrogen and oxygen atoms in total. The zero-order valence-corrected chi connectivity index (χ0v) is 18.5. The molecule has 0 bridgehead atoms. The highest BCUT2D eigenvalue weighted by molar-refractivity contribution is 7.89. The number of aromatic nitrogens is 2. The van der Waals surface area contributed by atoms with Crippen LogP contribution in [0.4, 0.5) is 10.2 Å². The van der Waals surface area contributed by atoms with Crippen LogP contribution in [0.15, 0.2) is 29.2 Å². The van der Waals surface area contributed by atoms with Crippen molar-refractivity contribution in [2.45, 2.75) is 50.1 Å². The molecule has 1 aromatic carbocycles. The van der Waals surface area contributed by atoms with E-state index in [1.54, 1.807) is 11.9 Å². The van der Waals surface area contributed by atoms with Crippen molar-refractivity contribution in [1.29, 1.82) is 0 Å². The fraction of sp³-hybridized carbons (Fsp3) is 0.476. The van der Waals surface area contributed by atoms with E-state index < -0.39 is 21.9 Å². The number of anilines is 1. The van der Waals surface area contributed by atoms with Gasteiger partial charge in [-0.25, -0.2) is 22.8 Å². The molecule has 0 saturated carbocycles. The minimum absolute atomic E-state index is 0.0185. The maximum Gasteiger partial charge on any atom is 0.243 e. The number of hydrogen-bond donors (Lipinski definition) is 1. The van der Waals surface area contributed by atoms with Crippen molar-refractivity contribution >= 4 is 21.7 Å². The van der Waals surface area contributed by atoms with Gasteiger partial charge in [0.2, 0.25) is 15.9 Å². The zero-order chi connectivity index (χ0) is 22.2. The summed E-state index contributed by atoms with van der Waals surface area (Å²) in [5.41, 5.74) is 1.72. The van der Waals surface area contributed by atoms with Crippen LogP contribution >= 0.6 is 0 Å². The lowest BCUT2D eigenvalue weighted by molar-refractivity contribution is -0.129. The van der Waals surface area contributed by atoms with Crippen LogP contribution in [-0.4, -0.2) is 53.6 Å². The number of rotatable bonds is 4. The van der Waals surface area contributed by atoms with Gasteiger partial charge in [-0.15, -0.1) is 0 Å². The number of hydrogen-bond acceptors (Lipinski definition) is 6. The van der Waals surface area contributed by atoms with Gasteiger partial charge >= 0.3 is 0 Å². The first-order chi connectivity index (χ1) is 14.8. The van der Waals surface area contributed by atoms with E-state index in [4.69, 9.17) is 4.98 Å². The lowest BCUT2D eigenvalue weighted by atomic mass is 10.0. The molecule has 2 aliphatic heterocycles. The first-order valence-corrected chi connectivity index (χ1v) is 11.9. The molecule has 2 aromatic rings. The van der Waals surface area contributed by atoms with Gasteiger partial charge < -0.3 is 10.2 Å². The quantitative estimate of drug-likeness (QED) is 0.774. The molecule has 0 spiro atoms. The van der Waals surface area contributed by atoms with Crippen LogP contribution in [0.25, 0.3) is 0 Å². The third-order valence-electron chi connectivity index (χ3n) is 5.94. The predicted molar refractivity (Wildman–Crippen MR) is 113 cm³/mol. The van der Waals surface area contributed by atoms with Crippen LogP contribution < -0.4 is 5.32 Å². The summed E-state index contributed by atoms with van der Waals surface area (Å²) in [5.74, 6) is 0.600. The molecule has 1 fully saturated rings. The van der Waals surface area contributed by atoms with Crippen molar-refractivity contribution in [3.8, 4) is 0 Å². The molecular weight excluding hydrogens is 421 g/mol. The van der Waals surface area contributed by atoms with E-state index in [1.807, 2.05) is 0 Å². The van der Waals surface area contributed by atoms with E-state index >= 15 is 0 Å². The SMILES string of the molecule is CNc1nc([C@H]2CCCCN2S(=O)(=O)c2ccc(F)cc2)nc2c1CCN(C(C)=O)C2. The highest BCUT2D eigenvalue weighted by atomic mass is 32.2. The Labute approximate surface area is 181 Å². The topological polar surface area (TPSA) is 95.5 Å². The van der Waals surface area contributed by atoms with Crippen LogP contribution in [0.5, 0.6) is 0 Å². The smallest absolute Gasteiger partial charge is 0.243 e. The Morgan fingerprint density at radius 1 is 1.16 bits per heavy atom. The fourth-order valence-electron chi connectivity index (χ4n) is 4.27. The van der Waals surface area contributed by atoms with Crippen molar-refractivity contribution < 1.29 is 17.6 Å². The summed E-state index contributed by atoms with van der Waals surface area (Å²) in [6, 6.07) is 4.35. The van der Waals surface area contributed by atoms with Crippen LogP contribution in [-0.2, 0) is 27.8 Å². The molecule has 166 valence electrons. The number of carbonyl (C=O) groups excluding carboxylic acids is 1. The lowest BCUT2D eigenvalue weighted by Gasteiger charge is -2.35. The van der Waals surface area contributed by atoms with Crippen molar-refractivity contribution in [1.82, 2.24) is 19.2 Å². The summed E-state index contributed by atoms with van der Waals surface area (Å²) in [6.45, 7) is 2.87. The van der Waals surface area contributed by atoms with Crippen molar-refractivity contribution in [3.05, 3.63) is 47.2 Å². The van der Waals surface area contributed by atoms with Gasteiger partial charge in [-0.05, 0) is 43.5 Å². The third-order valence-corrected chi connectivity index (χ3v) is 7.86. The molecule has 10 heteroatoms. The first-order valence-electron chi connectivity index (χ1n) is 10.4. The molecule has 3 heterocycles. The highest BCUT2D eigenvalue weighted by Gasteiger charge is 2.37. The molecule has 1 amide bonds. The van der Waals surface area contributed by atoms with Crippen LogP contribution in [0.3, 0.4) is 0 Å². The molecule has 4 rings (SSSR count). The molecule has 1 atom stereocenters. The summed E-state index contributed by atoms with van der Waals surface area (Å²) >= 11 is 0. The summed E-state index contributed by atoms with van der Waals surface area (Å²) in [6.07, 6.45) is 2.83. The largest absolute Gasteiger partial charge is 0.373 e. The second-order valence-electron chi connectivity index (χ2n) is 7.88. The number of amides is 1. The second kappa shape index (κ2) is 8.51. The minimum Gasteiger partial charge on any atom is -0.373 e. The molecule has 1 aromatic heterocycles. The Morgan fingerprint density at radius 3 is 2.58 bits per heavy atom. The van der Waals surface area contributed by atoms with Gasteiger partial charge in [0.15, 0.2) is 0 Å². The lowest BCUT2D eigenvalue weighted by Crippen LogP contribution is -2.40. The first kappa shape index (κ1) is 21.6. The minimum atomic E-state index is -3.84. The van der Waals surface area contributed by atoms with Gasteiger partial charge in [-0.2, -0.15) is 4.31 Å². The predicted octanol–water partition coefficient (Wildman–Crippen LogP) is 2.48. The van der Waals surface area contributed by atoms with E-state index in [2.05, 4.69) is 10.3 Å². The van der Waals surface area contributed by atoms with Crippen LogP contribution in [0.2, 0.25) is 0 Å². The molecule has 31 heavy (non-hydrogen) atoms. The molecule has 0 radical (unpaired) electrons. The van der Waals surface area contributed by atoms with Gasteiger partial charge in [0, 0.05) is 32.6 Å². The summed E-state index contributed by atoms with van der Waals surface area (Å²) < 4.78 is 41.4. The average molecular weight is 448 g/mol. The van der Waals surface area contributed by atoms with E-state index in [9.17, 15) is 17.6 Å². The number of piperidine rings is 1. The standard InChI is InChI=1S/C21H26FN5O3S/c1-14(28)26-12-10-17-18(13-26)24-21(25-20(17)23-2)19-5-3-4-11-27(19)31(29,30)16-8-6-15(22)7-9-16/h6-9,19H,3-5,10-13H2,1-2H3,(H,23,24,25)/t19-/m1/s1. The van der Waals surface area contributed by atoms with E-state index in [0.29, 0.717) is 44.1 Å². The number of halogens is 1. The second-order valence-corrected chi connectivity index (χ2v) is 9.77. The molecule has 0 aliphatic carbocycles. The van der Waals surface area contributed by atoms with Crippen LogP contribution in [0, 0.1) is 5.82 Å². The fourth-order valence-corrected chi connectivity index (χ4v) is 5.92. The Kier molecular flexibility index (Phi) is 5.94. The van der Waals surface area contributed by atoms with E-state index in [1.165, 1.54) is 23.4 Å². The van der Waals surface area contributed by atoms with Gasteiger partial charge in [-0.3, -0.25) is 4.79 Å². The van der Waals surface area contributed by atoms with Crippen LogP contribution in [0.1, 0.15) is 49.3 Å². The highest BCUT2D eigenvalue weighted by Crippen LogP contribution is 2.36. The van der Waals surface area contributed by atoms with Crippen molar-refractivity contribution in [2.24, 2.45) is 0 Å². The Balaban J connectivity index is 1.74. The van der Waals surface area contributed by atoms with E-state index in [0.717, 1.165) is 36.2 Å². The number of carbonyl (C=O) groups is 1. The number of sulfonamides is 1. The third kappa shape index (κ3) is 4.14. The number of nitrogens with one attached hydrogen (secondary N) is 1. The Morgan fingerprint density at radius 2 is 1.90 bits per heavy atom. The molecule has 1 saturated heterocycles. The number of benzene rings is 1. The van der Waals surface area contributed by atoms with Gasteiger partial charge in [-0.1, -0.05) is 6.42 Å². The number of fused-ring (bicyclic) bond motifs is 1. The molecule has 2 aliphatic rings. The van der Waals surface area contributed by atoms with Gasteiger partial charge in [0.05, 0.1) is 23.2 Å². The average Bonchev–Trinajstić information content (AvgIpc) is 2.78. The summed E-state index contributed by atoms with van der Waals surface area (Å²) in [4.78, 5) is 23.1. The summed E-state index contributed by atoms with van der Waals surface area (Å²) in [5, 5.41) is 3.11. The molecule has 0 unspecified atom stereocenters. The van der Waals surface area contributed by atoms with Gasteiger partial charge in [0.1, 0.15) is 17.5 Å². The summed E-state index contributed by atoms with van der Waals surface area (Å²) in [7, 11) is -2.06. The van der Waals surface area contributed by atoms with Crippen molar-refractivity contribution in [3.63, 3.8) is 0 Å². The Bertz CT molecular complexity index is 1090. The maximum atomic E-state index is 13.3.